The average molecular weight is 200 g/mol. The van der Waals surface area contributed by atoms with E-state index in [-0.39, 0.29) is 0 Å². The summed E-state index contributed by atoms with van der Waals surface area (Å²) in [5.41, 5.74) is 1.23. The van der Waals surface area contributed by atoms with Gasteiger partial charge < -0.3 is 0 Å². The summed E-state index contributed by atoms with van der Waals surface area (Å²) in [6.07, 6.45) is 12.2. The first-order chi connectivity index (χ1) is 7.43. The highest BCUT2D eigenvalue weighted by Crippen LogP contribution is 2.00. The van der Waals surface area contributed by atoms with Crippen LogP contribution >= 0.6 is 0 Å². The molecule has 80 valence electrons. The molecule has 0 saturated carbocycles. The zero-order valence-corrected chi connectivity index (χ0v) is 9.85. The summed E-state index contributed by atoms with van der Waals surface area (Å²) in [5.74, 6) is 0. The van der Waals surface area contributed by atoms with Gasteiger partial charge in [0.25, 0.3) is 0 Å². The van der Waals surface area contributed by atoms with Crippen LogP contribution in [0.1, 0.15) is 26.3 Å². The second-order valence-electron chi connectivity index (χ2n) is 2.68. The van der Waals surface area contributed by atoms with Crippen molar-refractivity contribution in [1.82, 2.24) is 0 Å². The van der Waals surface area contributed by atoms with E-state index in [1.807, 2.05) is 69.4 Å². The van der Waals surface area contributed by atoms with Crippen molar-refractivity contribution in [3.8, 4) is 0 Å². The number of rotatable bonds is 3. The predicted molar refractivity (Wildman–Crippen MR) is 70.8 cm³/mol. The molecule has 0 heteroatoms. The van der Waals surface area contributed by atoms with Gasteiger partial charge in [0.15, 0.2) is 0 Å². The molecule has 0 bridgehead atoms. The van der Waals surface area contributed by atoms with Gasteiger partial charge in [0.05, 0.1) is 0 Å². The summed E-state index contributed by atoms with van der Waals surface area (Å²) in [4.78, 5) is 0. The summed E-state index contributed by atoms with van der Waals surface area (Å²) < 4.78 is 0. The molecule has 0 saturated heterocycles. The fourth-order valence-electron chi connectivity index (χ4n) is 0.970. The van der Waals surface area contributed by atoms with E-state index >= 15 is 0 Å². The van der Waals surface area contributed by atoms with Crippen LogP contribution in [0.25, 0.3) is 6.08 Å². The Morgan fingerprint density at radius 2 is 1.40 bits per heavy atom. The van der Waals surface area contributed by atoms with Crippen molar-refractivity contribution in [1.29, 1.82) is 0 Å². The van der Waals surface area contributed by atoms with E-state index in [2.05, 4.69) is 18.2 Å². The second kappa shape index (κ2) is 10.5. The molecule has 0 amide bonds. The topological polar surface area (TPSA) is 0 Å². The first-order valence-corrected chi connectivity index (χ1v) is 5.44. The van der Waals surface area contributed by atoms with Crippen LogP contribution in [-0.4, -0.2) is 0 Å². The Balaban J connectivity index is 0.000000921. The van der Waals surface area contributed by atoms with Gasteiger partial charge >= 0.3 is 0 Å². The molecule has 0 fully saturated rings. The average Bonchev–Trinajstić information content (AvgIpc) is 2.33. The van der Waals surface area contributed by atoms with Crippen molar-refractivity contribution in [2.75, 3.05) is 0 Å². The smallest absolute Gasteiger partial charge is 0.0257 e. The maximum atomic E-state index is 2.08. The summed E-state index contributed by atoms with van der Waals surface area (Å²) >= 11 is 0. The first-order valence-electron chi connectivity index (χ1n) is 5.44. The number of benzene rings is 1. The lowest BCUT2D eigenvalue weighted by Crippen LogP contribution is -1.66. The Labute approximate surface area is 93.7 Å². The third-order valence-corrected chi connectivity index (χ3v) is 1.61. The predicted octanol–water partition coefficient (Wildman–Crippen LogP) is 4.86. The van der Waals surface area contributed by atoms with E-state index in [0.717, 1.165) is 0 Å². The van der Waals surface area contributed by atoms with Crippen molar-refractivity contribution in [2.45, 2.75) is 20.8 Å². The van der Waals surface area contributed by atoms with Crippen LogP contribution in [0.4, 0.5) is 0 Å². The quantitative estimate of drug-likeness (QED) is 0.611. The highest BCUT2D eigenvalue weighted by molar-refractivity contribution is 5.50. The van der Waals surface area contributed by atoms with Gasteiger partial charge in [-0.3, -0.25) is 0 Å². The molecule has 0 N–H and O–H groups in total. The Morgan fingerprint density at radius 3 is 2.00 bits per heavy atom. The SMILES string of the molecule is CC.C\C=C/C=C\C=C\c1ccccc1. The molecule has 0 unspecified atom stereocenters. The van der Waals surface area contributed by atoms with E-state index in [9.17, 15) is 0 Å². The minimum Gasteiger partial charge on any atom is -0.0877 e. The van der Waals surface area contributed by atoms with Crippen molar-refractivity contribution >= 4 is 6.08 Å². The summed E-state index contributed by atoms with van der Waals surface area (Å²) in [5, 5.41) is 0. The lowest BCUT2D eigenvalue weighted by molar-refractivity contribution is 1.50. The molecule has 0 aromatic heterocycles. The van der Waals surface area contributed by atoms with E-state index in [4.69, 9.17) is 0 Å². The lowest BCUT2D eigenvalue weighted by atomic mass is 10.2. The molecule has 0 atom stereocenters. The van der Waals surface area contributed by atoms with Crippen molar-refractivity contribution in [3.05, 3.63) is 66.3 Å². The standard InChI is InChI=1S/C13H14.C2H6/c1-2-3-4-5-7-10-13-11-8-6-9-12-13;1-2/h2-12H,1H3;1-2H3/b3-2-,5-4-,10-7+;. The molecule has 0 heterocycles. The second-order valence-corrected chi connectivity index (χ2v) is 2.68. The van der Waals surface area contributed by atoms with Crippen LogP contribution in [0.3, 0.4) is 0 Å². The van der Waals surface area contributed by atoms with Crippen LogP contribution < -0.4 is 0 Å². The molecule has 1 rings (SSSR count). The van der Waals surface area contributed by atoms with E-state index < -0.39 is 0 Å². The Morgan fingerprint density at radius 1 is 0.800 bits per heavy atom. The van der Waals surface area contributed by atoms with Gasteiger partial charge in [-0.05, 0) is 12.5 Å². The number of hydrogen-bond donors (Lipinski definition) is 0. The zero-order chi connectivity index (χ0) is 11.4. The first kappa shape index (κ1) is 13.4. The number of hydrogen-bond acceptors (Lipinski definition) is 0. The van der Waals surface area contributed by atoms with Gasteiger partial charge in [-0.1, -0.05) is 80.6 Å². The monoisotopic (exact) mass is 200 g/mol. The minimum absolute atomic E-state index is 1.23. The summed E-state index contributed by atoms with van der Waals surface area (Å²) in [6.45, 7) is 6.01. The Kier molecular flexibility index (Phi) is 9.43. The third kappa shape index (κ3) is 7.51. The molecule has 0 radical (unpaired) electrons. The van der Waals surface area contributed by atoms with E-state index in [1.54, 1.807) is 0 Å². The molecule has 0 aliphatic heterocycles. The van der Waals surface area contributed by atoms with Gasteiger partial charge in [-0.15, -0.1) is 0 Å². The largest absolute Gasteiger partial charge is 0.0877 e. The zero-order valence-electron chi connectivity index (χ0n) is 9.85. The molecule has 15 heavy (non-hydrogen) atoms. The maximum Gasteiger partial charge on any atom is -0.0257 e. The normalized spacial score (nSPS) is 10.9. The molecular weight excluding hydrogens is 180 g/mol. The van der Waals surface area contributed by atoms with Gasteiger partial charge in [-0.2, -0.15) is 0 Å². The van der Waals surface area contributed by atoms with E-state index in [1.165, 1.54) is 5.56 Å². The Hall–Kier alpha value is -1.56. The van der Waals surface area contributed by atoms with Crippen LogP contribution in [0.15, 0.2) is 60.7 Å². The molecular formula is C15H20. The molecule has 0 aliphatic rings. The van der Waals surface area contributed by atoms with Crippen molar-refractivity contribution < 1.29 is 0 Å². The van der Waals surface area contributed by atoms with Gasteiger partial charge in [0, 0.05) is 0 Å². The van der Waals surface area contributed by atoms with Crippen LogP contribution in [0, 0.1) is 0 Å². The van der Waals surface area contributed by atoms with Crippen molar-refractivity contribution in [2.24, 2.45) is 0 Å². The van der Waals surface area contributed by atoms with E-state index in [0.29, 0.717) is 0 Å². The van der Waals surface area contributed by atoms with Gasteiger partial charge in [0.2, 0.25) is 0 Å². The third-order valence-electron chi connectivity index (χ3n) is 1.61. The maximum absolute atomic E-state index is 2.08. The highest BCUT2D eigenvalue weighted by Gasteiger charge is 1.78. The van der Waals surface area contributed by atoms with Gasteiger partial charge in [0.1, 0.15) is 0 Å². The lowest BCUT2D eigenvalue weighted by Gasteiger charge is -1.87. The van der Waals surface area contributed by atoms with Crippen molar-refractivity contribution in [3.63, 3.8) is 0 Å². The number of allylic oxidation sites excluding steroid dienone is 5. The van der Waals surface area contributed by atoms with Crippen LogP contribution in [0.2, 0.25) is 0 Å². The highest BCUT2D eigenvalue weighted by atomic mass is 13.8. The summed E-state index contributed by atoms with van der Waals surface area (Å²) in [6, 6.07) is 10.3. The fraction of sp³-hybridized carbons (Fsp3) is 0.200. The minimum atomic E-state index is 1.23. The van der Waals surface area contributed by atoms with Crippen LogP contribution in [0.5, 0.6) is 0 Å². The molecule has 0 aliphatic carbocycles. The Bertz CT molecular complexity index is 302. The van der Waals surface area contributed by atoms with Gasteiger partial charge in [-0.25, -0.2) is 0 Å². The molecule has 0 spiro atoms. The molecule has 1 aromatic rings. The molecule has 1 aromatic carbocycles. The molecule has 0 nitrogen and oxygen atoms in total. The summed E-state index contributed by atoms with van der Waals surface area (Å²) in [7, 11) is 0. The fourth-order valence-corrected chi connectivity index (χ4v) is 0.970. The van der Waals surface area contributed by atoms with Crippen LogP contribution in [-0.2, 0) is 0 Å².